The zero-order valence-corrected chi connectivity index (χ0v) is 15.6. The van der Waals surface area contributed by atoms with Crippen LogP contribution in [0.5, 0.6) is 0 Å². The average molecular weight is 329 g/mol. The van der Waals surface area contributed by atoms with E-state index in [1.165, 1.54) is 48.2 Å². The van der Waals surface area contributed by atoms with Crippen LogP contribution in [-0.2, 0) is 0 Å². The van der Waals surface area contributed by atoms with Gasteiger partial charge in [-0.3, -0.25) is 0 Å². The Morgan fingerprint density at radius 3 is 1.15 bits per heavy atom. The molecule has 2 saturated heterocycles. The lowest BCUT2D eigenvalue weighted by Crippen LogP contribution is -3.00. The van der Waals surface area contributed by atoms with Crippen molar-refractivity contribution in [3.05, 3.63) is 0 Å². The van der Waals surface area contributed by atoms with E-state index in [-0.39, 0.29) is 24.8 Å². The van der Waals surface area contributed by atoms with Gasteiger partial charge < -0.3 is 44.4 Å². The largest absolute Gasteiger partial charge is 1.00 e. The molecule has 2 aliphatic heterocycles. The summed E-state index contributed by atoms with van der Waals surface area (Å²) >= 11 is 0. The quantitative estimate of drug-likeness (QED) is 0.433. The minimum absolute atomic E-state index is 0. The molecule has 0 aromatic rings. The summed E-state index contributed by atoms with van der Waals surface area (Å²) in [4.78, 5) is 0. The molecule has 0 amide bonds. The average Bonchev–Trinajstić information content (AvgIpc) is 2.28. The van der Waals surface area contributed by atoms with E-state index >= 15 is 0 Å². The number of quaternary nitrogens is 2. The van der Waals surface area contributed by atoms with Crippen LogP contribution in [0.1, 0.15) is 13.8 Å². The highest BCUT2D eigenvalue weighted by atomic mass is 35.5. The van der Waals surface area contributed by atoms with Crippen LogP contribution in [0.3, 0.4) is 0 Å². The number of piperazine rings is 2. The first-order valence-electron chi connectivity index (χ1n) is 7.32. The minimum atomic E-state index is 0. The molecule has 4 nitrogen and oxygen atoms in total. The number of hydrogen-bond acceptors (Lipinski definition) is 2. The normalized spacial score (nSPS) is 30.9. The van der Waals surface area contributed by atoms with Crippen molar-refractivity contribution in [1.82, 2.24) is 10.6 Å². The molecule has 2 unspecified atom stereocenters. The third kappa shape index (κ3) is 6.92. The Labute approximate surface area is 138 Å². The second kappa shape index (κ2) is 9.44. The number of nitrogens with zero attached hydrogens (tertiary/aromatic N) is 2. The second-order valence-electron chi connectivity index (χ2n) is 7.11. The summed E-state index contributed by atoms with van der Waals surface area (Å²) < 4.78 is 2.35. The van der Waals surface area contributed by atoms with Crippen molar-refractivity contribution in [2.24, 2.45) is 0 Å². The predicted molar refractivity (Wildman–Crippen MR) is 78.6 cm³/mol. The SMILES string of the molecule is CC1CNCC[N+]1(C)C.CC1CNCC[N+]1(C)C.[Cl-].[Cl-]. The molecular formula is C14H34Cl2N4. The second-order valence-corrected chi connectivity index (χ2v) is 7.11. The summed E-state index contributed by atoms with van der Waals surface area (Å²) in [7, 11) is 9.19. The van der Waals surface area contributed by atoms with Crippen LogP contribution in [0.4, 0.5) is 0 Å². The Morgan fingerprint density at radius 2 is 1.00 bits per heavy atom. The van der Waals surface area contributed by atoms with E-state index in [0.717, 1.165) is 12.1 Å². The summed E-state index contributed by atoms with van der Waals surface area (Å²) in [6, 6.07) is 1.55. The number of halogens is 2. The Bertz CT molecular complexity index is 234. The van der Waals surface area contributed by atoms with Gasteiger partial charge in [0.2, 0.25) is 0 Å². The van der Waals surface area contributed by atoms with Crippen LogP contribution in [0.25, 0.3) is 0 Å². The van der Waals surface area contributed by atoms with E-state index in [1.807, 2.05) is 0 Å². The van der Waals surface area contributed by atoms with Crippen molar-refractivity contribution in [2.75, 3.05) is 67.5 Å². The Morgan fingerprint density at radius 1 is 0.700 bits per heavy atom. The van der Waals surface area contributed by atoms with Gasteiger partial charge in [-0.1, -0.05) is 0 Å². The summed E-state index contributed by atoms with van der Waals surface area (Å²) in [5, 5.41) is 6.75. The highest BCUT2D eigenvalue weighted by Crippen LogP contribution is 2.08. The van der Waals surface area contributed by atoms with Crippen LogP contribution in [0.15, 0.2) is 0 Å². The van der Waals surface area contributed by atoms with Gasteiger partial charge in [-0.25, -0.2) is 0 Å². The fraction of sp³-hybridized carbons (Fsp3) is 1.00. The van der Waals surface area contributed by atoms with Gasteiger partial charge in [0.1, 0.15) is 0 Å². The third-order valence-corrected chi connectivity index (χ3v) is 5.00. The first kappa shape index (κ1) is 22.7. The first-order chi connectivity index (χ1) is 8.26. The molecule has 2 aliphatic rings. The van der Waals surface area contributed by atoms with Gasteiger partial charge >= 0.3 is 0 Å². The number of nitrogens with one attached hydrogen (secondary N) is 2. The van der Waals surface area contributed by atoms with Crippen LogP contribution in [0, 0.1) is 0 Å². The Kier molecular flexibility index (Phi) is 10.7. The van der Waals surface area contributed by atoms with Gasteiger partial charge in [0, 0.05) is 26.2 Å². The molecule has 2 heterocycles. The molecule has 0 saturated carbocycles. The monoisotopic (exact) mass is 328 g/mol. The summed E-state index contributed by atoms with van der Waals surface area (Å²) in [5.74, 6) is 0. The zero-order valence-electron chi connectivity index (χ0n) is 14.0. The van der Waals surface area contributed by atoms with Crippen molar-refractivity contribution < 1.29 is 33.8 Å². The molecule has 124 valence electrons. The van der Waals surface area contributed by atoms with Gasteiger partial charge in [-0.2, -0.15) is 0 Å². The molecule has 20 heavy (non-hydrogen) atoms. The number of likely N-dealkylation sites (N-methyl/N-ethyl adjacent to an activating group) is 2. The molecule has 0 radical (unpaired) electrons. The first-order valence-corrected chi connectivity index (χ1v) is 7.32. The van der Waals surface area contributed by atoms with E-state index in [0.29, 0.717) is 0 Å². The van der Waals surface area contributed by atoms with Crippen molar-refractivity contribution in [3.63, 3.8) is 0 Å². The lowest BCUT2D eigenvalue weighted by Gasteiger charge is -2.40. The molecule has 2 N–H and O–H groups in total. The molecule has 2 atom stereocenters. The van der Waals surface area contributed by atoms with Crippen molar-refractivity contribution in [2.45, 2.75) is 25.9 Å². The summed E-state index contributed by atoms with van der Waals surface area (Å²) in [6.07, 6.45) is 0. The van der Waals surface area contributed by atoms with Crippen LogP contribution in [0.2, 0.25) is 0 Å². The molecule has 0 bridgehead atoms. The van der Waals surface area contributed by atoms with Gasteiger partial charge in [0.15, 0.2) is 0 Å². The van der Waals surface area contributed by atoms with E-state index in [1.54, 1.807) is 0 Å². The zero-order chi connectivity index (χ0) is 13.8. The number of rotatable bonds is 0. The molecular weight excluding hydrogens is 295 g/mol. The highest BCUT2D eigenvalue weighted by Gasteiger charge is 2.27. The van der Waals surface area contributed by atoms with E-state index in [9.17, 15) is 0 Å². The maximum absolute atomic E-state index is 3.37. The molecule has 0 aromatic heterocycles. The summed E-state index contributed by atoms with van der Waals surface area (Å²) in [6.45, 7) is 11.8. The van der Waals surface area contributed by atoms with Gasteiger partial charge in [-0.15, -0.1) is 0 Å². The van der Waals surface area contributed by atoms with Crippen LogP contribution < -0.4 is 35.4 Å². The van der Waals surface area contributed by atoms with E-state index in [2.05, 4.69) is 52.7 Å². The molecule has 0 aliphatic carbocycles. The Balaban J connectivity index is 0. The molecule has 0 spiro atoms. The third-order valence-electron chi connectivity index (χ3n) is 5.00. The van der Waals surface area contributed by atoms with Crippen molar-refractivity contribution >= 4 is 0 Å². The van der Waals surface area contributed by atoms with Crippen molar-refractivity contribution in [1.29, 1.82) is 0 Å². The lowest BCUT2D eigenvalue weighted by atomic mass is 10.2. The Hall–Kier alpha value is 0.420. The number of hydrogen-bond donors (Lipinski definition) is 2. The fourth-order valence-corrected chi connectivity index (χ4v) is 2.29. The maximum Gasteiger partial charge on any atom is 0.0984 e. The van der Waals surface area contributed by atoms with Crippen LogP contribution >= 0.6 is 0 Å². The van der Waals surface area contributed by atoms with E-state index < -0.39 is 0 Å². The van der Waals surface area contributed by atoms with Gasteiger partial charge in [0.05, 0.1) is 53.4 Å². The highest BCUT2D eigenvalue weighted by molar-refractivity contribution is 4.62. The molecule has 2 rings (SSSR count). The molecule has 2 fully saturated rings. The maximum atomic E-state index is 3.37. The topological polar surface area (TPSA) is 24.1 Å². The minimum Gasteiger partial charge on any atom is -1.00 e. The van der Waals surface area contributed by atoms with Crippen molar-refractivity contribution in [3.8, 4) is 0 Å². The summed E-state index contributed by atoms with van der Waals surface area (Å²) in [5.41, 5.74) is 0. The van der Waals surface area contributed by atoms with Gasteiger partial charge in [0.25, 0.3) is 0 Å². The molecule has 0 aromatic carbocycles. The van der Waals surface area contributed by atoms with E-state index in [4.69, 9.17) is 0 Å². The fourth-order valence-electron chi connectivity index (χ4n) is 2.29. The van der Waals surface area contributed by atoms with Crippen LogP contribution in [-0.4, -0.2) is 88.5 Å². The standard InChI is InChI=1S/2C7H17N2.2ClH/c2*1-7-6-8-4-5-9(7,2)3;;/h2*7-8H,4-6H2,1-3H3;2*1H/q2*+1;;/p-2. The predicted octanol–water partition coefficient (Wildman–Crippen LogP) is -5.88. The van der Waals surface area contributed by atoms with Gasteiger partial charge in [-0.05, 0) is 13.8 Å². The molecule has 6 heteroatoms. The lowest BCUT2D eigenvalue weighted by molar-refractivity contribution is -0.914. The smallest absolute Gasteiger partial charge is 0.0984 e.